The lowest BCUT2D eigenvalue weighted by Crippen LogP contribution is -1.76. The molecule has 0 heteroatoms. The maximum atomic E-state index is 3.79. The zero-order chi connectivity index (χ0) is 9.56. The Labute approximate surface area is 76.0 Å². The van der Waals surface area contributed by atoms with E-state index in [9.17, 15) is 0 Å². The van der Waals surface area contributed by atoms with Crippen molar-refractivity contribution < 1.29 is 0 Å². The lowest BCUT2D eigenvalue weighted by molar-refractivity contribution is 1.33. The van der Waals surface area contributed by atoms with Crippen LogP contribution in [0.4, 0.5) is 0 Å². The van der Waals surface area contributed by atoms with Crippen LogP contribution in [0.3, 0.4) is 0 Å². The molecule has 0 saturated heterocycles. The molecule has 0 aliphatic carbocycles. The van der Waals surface area contributed by atoms with Crippen LogP contribution in [-0.2, 0) is 0 Å². The first-order valence-electron chi connectivity index (χ1n) is 4.21. The average Bonchev–Trinajstić information content (AvgIpc) is 2.02. The van der Waals surface area contributed by atoms with Crippen molar-refractivity contribution in [2.24, 2.45) is 0 Å². The summed E-state index contributed by atoms with van der Waals surface area (Å²) in [6, 6.07) is 0. The minimum atomic E-state index is 1.08. The molecule has 0 bridgehead atoms. The molecule has 0 aliphatic heterocycles. The van der Waals surface area contributed by atoms with Crippen molar-refractivity contribution >= 4 is 0 Å². The number of hydrogen-bond acceptors (Lipinski definition) is 0. The molecule has 0 radical (unpaired) electrons. The first kappa shape index (κ1) is 11.0. The molecule has 0 aromatic heterocycles. The van der Waals surface area contributed by atoms with E-state index >= 15 is 0 Å². The third kappa shape index (κ3) is 4.73. The smallest absolute Gasteiger partial charge is 0.0395 e. The highest BCUT2D eigenvalue weighted by atomic mass is 13.9. The standard InChI is InChI=1S/C12H18/c1-6-11(4)12(5)9-7-8-10(2)3/h6-9H,2H2,1,3-5H3/b8-7+,11-6+,12-9-. The van der Waals surface area contributed by atoms with Crippen LogP contribution in [0.5, 0.6) is 0 Å². The van der Waals surface area contributed by atoms with Gasteiger partial charge in [-0.3, -0.25) is 0 Å². The monoisotopic (exact) mass is 162 g/mol. The lowest BCUT2D eigenvalue weighted by Gasteiger charge is -1.96. The molecule has 0 aliphatic rings. The molecule has 0 aromatic rings. The van der Waals surface area contributed by atoms with E-state index in [1.165, 1.54) is 11.1 Å². The summed E-state index contributed by atoms with van der Waals surface area (Å²) in [5, 5.41) is 0. The van der Waals surface area contributed by atoms with Gasteiger partial charge in [0.05, 0.1) is 0 Å². The summed E-state index contributed by atoms with van der Waals surface area (Å²) in [5.41, 5.74) is 3.70. The fourth-order valence-corrected chi connectivity index (χ4v) is 0.716. The molecule has 0 spiro atoms. The normalized spacial score (nSPS) is 14.0. The third-order valence-corrected chi connectivity index (χ3v) is 1.78. The predicted octanol–water partition coefficient (Wildman–Crippen LogP) is 4.03. The van der Waals surface area contributed by atoms with Gasteiger partial charge in [-0.05, 0) is 33.3 Å². The first-order valence-corrected chi connectivity index (χ1v) is 4.21. The van der Waals surface area contributed by atoms with Gasteiger partial charge in [0, 0.05) is 0 Å². The zero-order valence-corrected chi connectivity index (χ0v) is 8.52. The SMILES string of the molecule is C=C(C)/C=C/C=C(C)\C(C)=C\C. The maximum absolute atomic E-state index is 3.79. The van der Waals surface area contributed by atoms with Gasteiger partial charge in [0.25, 0.3) is 0 Å². The average molecular weight is 162 g/mol. The van der Waals surface area contributed by atoms with E-state index < -0.39 is 0 Å². The molecule has 12 heavy (non-hydrogen) atoms. The molecule has 0 amide bonds. The van der Waals surface area contributed by atoms with Gasteiger partial charge in [-0.2, -0.15) is 0 Å². The lowest BCUT2D eigenvalue weighted by atomic mass is 10.1. The van der Waals surface area contributed by atoms with Crippen LogP contribution in [0, 0.1) is 0 Å². The summed E-state index contributed by atoms with van der Waals surface area (Å²) in [4.78, 5) is 0. The van der Waals surface area contributed by atoms with E-state index in [1.807, 2.05) is 19.1 Å². The maximum Gasteiger partial charge on any atom is -0.0395 e. The molecule has 0 heterocycles. The summed E-state index contributed by atoms with van der Waals surface area (Å²) in [5.74, 6) is 0. The molecule has 0 rings (SSSR count). The second kappa shape index (κ2) is 5.59. The fraction of sp³-hybridized carbons (Fsp3) is 0.333. The van der Waals surface area contributed by atoms with Crippen molar-refractivity contribution in [3.05, 3.63) is 47.6 Å². The highest BCUT2D eigenvalue weighted by molar-refractivity contribution is 5.31. The van der Waals surface area contributed by atoms with Crippen LogP contribution >= 0.6 is 0 Å². The second-order valence-corrected chi connectivity index (χ2v) is 3.03. The molecule has 66 valence electrons. The molecule has 0 atom stereocenters. The number of hydrogen-bond donors (Lipinski definition) is 0. The van der Waals surface area contributed by atoms with Crippen molar-refractivity contribution in [3.63, 3.8) is 0 Å². The van der Waals surface area contributed by atoms with E-state index in [0.29, 0.717) is 0 Å². The summed E-state index contributed by atoms with van der Waals surface area (Å²) in [6.07, 6.45) is 8.25. The summed E-state index contributed by atoms with van der Waals surface area (Å²) < 4.78 is 0. The van der Waals surface area contributed by atoms with Gasteiger partial charge in [0.2, 0.25) is 0 Å². The van der Waals surface area contributed by atoms with Gasteiger partial charge in [-0.15, -0.1) is 0 Å². The van der Waals surface area contributed by atoms with Gasteiger partial charge in [0.1, 0.15) is 0 Å². The summed E-state index contributed by atoms with van der Waals surface area (Å²) >= 11 is 0. The molecule has 0 nitrogen and oxygen atoms in total. The minimum Gasteiger partial charge on any atom is -0.0961 e. The largest absolute Gasteiger partial charge is 0.0961 e. The van der Waals surface area contributed by atoms with Crippen LogP contribution in [0.1, 0.15) is 27.7 Å². The first-order chi connectivity index (χ1) is 5.57. The Hall–Kier alpha value is -1.04. The van der Waals surface area contributed by atoms with Crippen molar-refractivity contribution in [1.29, 1.82) is 0 Å². The van der Waals surface area contributed by atoms with Crippen LogP contribution in [0.15, 0.2) is 47.6 Å². The van der Waals surface area contributed by atoms with E-state index in [4.69, 9.17) is 0 Å². The molecule has 0 unspecified atom stereocenters. The van der Waals surface area contributed by atoms with E-state index in [2.05, 4.69) is 39.5 Å². The topological polar surface area (TPSA) is 0 Å². The van der Waals surface area contributed by atoms with E-state index in [-0.39, 0.29) is 0 Å². The summed E-state index contributed by atoms with van der Waals surface area (Å²) in [7, 11) is 0. The van der Waals surface area contributed by atoms with Gasteiger partial charge >= 0.3 is 0 Å². The van der Waals surface area contributed by atoms with Crippen LogP contribution in [0.2, 0.25) is 0 Å². The van der Waals surface area contributed by atoms with Gasteiger partial charge in [0.15, 0.2) is 0 Å². The van der Waals surface area contributed by atoms with E-state index in [0.717, 1.165) is 5.57 Å². The molecular weight excluding hydrogens is 144 g/mol. The predicted molar refractivity (Wildman–Crippen MR) is 57.1 cm³/mol. The Kier molecular flexibility index (Phi) is 5.11. The Morgan fingerprint density at radius 2 is 1.67 bits per heavy atom. The minimum absolute atomic E-state index is 1.08. The van der Waals surface area contributed by atoms with Gasteiger partial charge in [-0.1, -0.05) is 42.0 Å². The van der Waals surface area contributed by atoms with Crippen molar-refractivity contribution in [2.45, 2.75) is 27.7 Å². The summed E-state index contributed by atoms with van der Waals surface area (Å²) in [6.45, 7) is 12.0. The fourth-order valence-electron chi connectivity index (χ4n) is 0.716. The highest BCUT2D eigenvalue weighted by Crippen LogP contribution is 2.07. The Bertz CT molecular complexity index is 237. The third-order valence-electron chi connectivity index (χ3n) is 1.78. The van der Waals surface area contributed by atoms with E-state index in [1.54, 1.807) is 0 Å². The van der Waals surface area contributed by atoms with Crippen LogP contribution in [0.25, 0.3) is 0 Å². The zero-order valence-electron chi connectivity index (χ0n) is 8.52. The Morgan fingerprint density at radius 3 is 2.08 bits per heavy atom. The highest BCUT2D eigenvalue weighted by Gasteiger charge is 1.86. The molecule has 0 N–H and O–H groups in total. The number of rotatable bonds is 3. The van der Waals surface area contributed by atoms with Crippen molar-refractivity contribution in [2.75, 3.05) is 0 Å². The van der Waals surface area contributed by atoms with Crippen LogP contribution < -0.4 is 0 Å². The molecule has 0 saturated carbocycles. The van der Waals surface area contributed by atoms with Gasteiger partial charge in [-0.25, -0.2) is 0 Å². The van der Waals surface area contributed by atoms with Crippen molar-refractivity contribution in [3.8, 4) is 0 Å². The van der Waals surface area contributed by atoms with Crippen LogP contribution in [-0.4, -0.2) is 0 Å². The van der Waals surface area contributed by atoms with Crippen molar-refractivity contribution in [1.82, 2.24) is 0 Å². The Morgan fingerprint density at radius 1 is 1.08 bits per heavy atom. The van der Waals surface area contributed by atoms with Gasteiger partial charge < -0.3 is 0 Å². The Balaban J connectivity index is 4.29. The molecule has 0 fully saturated rings. The second-order valence-electron chi connectivity index (χ2n) is 3.03. The molecular formula is C12H18. The quantitative estimate of drug-likeness (QED) is 0.549. The molecule has 0 aromatic carbocycles. The number of allylic oxidation sites excluding steroid dienone is 7.